The van der Waals surface area contributed by atoms with E-state index in [2.05, 4.69) is 0 Å². The lowest BCUT2D eigenvalue weighted by molar-refractivity contribution is 0.475. The highest BCUT2D eigenvalue weighted by Crippen LogP contribution is 2.23. The Morgan fingerprint density at radius 2 is 1.68 bits per heavy atom. The van der Waals surface area contributed by atoms with Gasteiger partial charge in [0.25, 0.3) is 10.1 Å². The number of hydrogen-bond donors (Lipinski definition) is 1. The standard InChI is InChI=1S/C16H17FO4S/c17-14-7-4-9-16(12-14)21-15-8-3-6-13(11-15)5-1-2-10-22(18,19)20/h3-4,6-9,11-12H,1-2,5,10H2,(H,18,19,20). The molecule has 0 atom stereocenters. The second-order valence-corrected chi connectivity index (χ2v) is 6.52. The molecule has 0 amide bonds. The summed E-state index contributed by atoms with van der Waals surface area (Å²) >= 11 is 0. The summed E-state index contributed by atoms with van der Waals surface area (Å²) in [4.78, 5) is 0. The van der Waals surface area contributed by atoms with Crippen molar-refractivity contribution in [1.29, 1.82) is 0 Å². The zero-order valence-corrected chi connectivity index (χ0v) is 12.7. The second kappa shape index (κ2) is 7.38. The average molecular weight is 324 g/mol. The first-order valence-corrected chi connectivity index (χ1v) is 8.51. The fraction of sp³-hybridized carbons (Fsp3) is 0.250. The molecule has 0 fully saturated rings. The fourth-order valence-corrected chi connectivity index (χ4v) is 2.61. The van der Waals surface area contributed by atoms with Crippen LogP contribution in [0.15, 0.2) is 48.5 Å². The van der Waals surface area contributed by atoms with E-state index in [1.165, 1.54) is 12.1 Å². The molecule has 0 radical (unpaired) electrons. The minimum Gasteiger partial charge on any atom is -0.457 e. The van der Waals surface area contributed by atoms with Gasteiger partial charge in [-0.2, -0.15) is 8.42 Å². The molecule has 0 spiro atoms. The highest BCUT2D eigenvalue weighted by molar-refractivity contribution is 7.85. The van der Waals surface area contributed by atoms with Crippen molar-refractivity contribution >= 4 is 10.1 Å². The van der Waals surface area contributed by atoms with E-state index >= 15 is 0 Å². The van der Waals surface area contributed by atoms with E-state index in [-0.39, 0.29) is 11.6 Å². The molecule has 2 aromatic carbocycles. The Kier molecular flexibility index (Phi) is 5.51. The van der Waals surface area contributed by atoms with Crippen LogP contribution in [0.25, 0.3) is 0 Å². The Morgan fingerprint density at radius 3 is 2.36 bits per heavy atom. The van der Waals surface area contributed by atoms with Crippen LogP contribution < -0.4 is 4.74 Å². The molecule has 1 N–H and O–H groups in total. The topological polar surface area (TPSA) is 63.6 Å². The van der Waals surface area contributed by atoms with Crippen LogP contribution in [0, 0.1) is 5.82 Å². The van der Waals surface area contributed by atoms with E-state index in [1.807, 2.05) is 18.2 Å². The maximum absolute atomic E-state index is 13.1. The molecule has 0 aliphatic heterocycles. The van der Waals surface area contributed by atoms with Gasteiger partial charge in [-0.15, -0.1) is 0 Å². The van der Waals surface area contributed by atoms with Gasteiger partial charge < -0.3 is 4.74 Å². The predicted molar refractivity (Wildman–Crippen MR) is 82.3 cm³/mol. The molecule has 118 valence electrons. The molecule has 6 heteroatoms. The van der Waals surface area contributed by atoms with Gasteiger partial charge in [-0.3, -0.25) is 4.55 Å². The molecule has 0 unspecified atom stereocenters. The van der Waals surface area contributed by atoms with Crippen molar-refractivity contribution < 1.29 is 22.1 Å². The maximum Gasteiger partial charge on any atom is 0.264 e. The maximum atomic E-state index is 13.1. The third-order valence-corrected chi connectivity index (χ3v) is 3.85. The molecular formula is C16H17FO4S. The molecule has 2 rings (SSSR count). The molecule has 0 heterocycles. The van der Waals surface area contributed by atoms with Crippen molar-refractivity contribution in [2.24, 2.45) is 0 Å². The summed E-state index contributed by atoms with van der Waals surface area (Å²) in [5, 5.41) is 0. The minimum absolute atomic E-state index is 0.230. The van der Waals surface area contributed by atoms with Gasteiger partial charge in [0.2, 0.25) is 0 Å². The van der Waals surface area contributed by atoms with Crippen molar-refractivity contribution in [3.05, 3.63) is 59.9 Å². The van der Waals surface area contributed by atoms with E-state index in [4.69, 9.17) is 9.29 Å². The van der Waals surface area contributed by atoms with Crippen LogP contribution in [0.5, 0.6) is 11.5 Å². The summed E-state index contributed by atoms with van der Waals surface area (Å²) in [5.41, 5.74) is 0.990. The molecule has 0 aromatic heterocycles. The van der Waals surface area contributed by atoms with E-state index in [1.54, 1.807) is 18.2 Å². The second-order valence-electron chi connectivity index (χ2n) is 4.95. The first kappa shape index (κ1) is 16.5. The van der Waals surface area contributed by atoms with Gasteiger partial charge in [0.05, 0.1) is 5.75 Å². The normalized spacial score (nSPS) is 11.4. The highest BCUT2D eigenvalue weighted by atomic mass is 32.2. The molecule has 0 bridgehead atoms. The summed E-state index contributed by atoms with van der Waals surface area (Å²) in [6.45, 7) is 0. The van der Waals surface area contributed by atoms with E-state index in [0.29, 0.717) is 30.8 Å². The predicted octanol–water partition coefficient (Wildman–Crippen LogP) is 3.83. The Balaban J connectivity index is 1.92. The van der Waals surface area contributed by atoms with Gasteiger partial charge in [0.1, 0.15) is 17.3 Å². The number of hydrogen-bond acceptors (Lipinski definition) is 3. The Morgan fingerprint density at radius 1 is 1.00 bits per heavy atom. The lowest BCUT2D eigenvalue weighted by Crippen LogP contribution is -2.03. The Hall–Kier alpha value is -1.92. The van der Waals surface area contributed by atoms with Crippen LogP contribution >= 0.6 is 0 Å². The Bertz CT molecular complexity index is 728. The average Bonchev–Trinajstić information content (AvgIpc) is 2.43. The molecule has 0 aliphatic rings. The summed E-state index contributed by atoms with van der Waals surface area (Å²) in [6.07, 6.45) is 1.72. The van der Waals surface area contributed by atoms with Crippen LogP contribution in [-0.4, -0.2) is 18.7 Å². The number of ether oxygens (including phenoxy) is 1. The molecular weight excluding hydrogens is 307 g/mol. The molecule has 22 heavy (non-hydrogen) atoms. The molecule has 0 saturated heterocycles. The lowest BCUT2D eigenvalue weighted by Gasteiger charge is -2.08. The lowest BCUT2D eigenvalue weighted by atomic mass is 10.1. The number of halogens is 1. The van der Waals surface area contributed by atoms with Crippen molar-refractivity contribution in [1.82, 2.24) is 0 Å². The smallest absolute Gasteiger partial charge is 0.264 e. The van der Waals surface area contributed by atoms with Gasteiger partial charge in [0.15, 0.2) is 0 Å². The first-order valence-electron chi connectivity index (χ1n) is 6.90. The molecule has 0 saturated carbocycles. The van der Waals surface area contributed by atoms with Gasteiger partial charge in [0, 0.05) is 6.07 Å². The van der Waals surface area contributed by atoms with Crippen LogP contribution in [0.4, 0.5) is 4.39 Å². The van der Waals surface area contributed by atoms with Crippen molar-refractivity contribution in [2.45, 2.75) is 19.3 Å². The monoisotopic (exact) mass is 324 g/mol. The van der Waals surface area contributed by atoms with Gasteiger partial charge >= 0.3 is 0 Å². The van der Waals surface area contributed by atoms with E-state index in [0.717, 1.165) is 5.56 Å². The summed E-state index contributed by atoms with van der Waals surface area (Å²) < 4.78 is 48.6. The van der Waals surface area contributed by atoms with Crippen LogP contribution in [0.1, 0.15) is 18.4 Å². The van der Waals surface area contributed by atoms with Crippen LogP contribution in [0.3, 0.4) is 0 Å². The summed E-state index contributed by atoms with van der Waals surface area (Å²) in [7, 11) is -3.89. The third-order valence-electron chi connectivity index (χ3n) is 3.05. The van der Waals surface area contributed by atoms with Gasteiger partial charge in [-0.05, 0) is 49.1 Å². The Labute approximate surface area is 129 Å². The zero-order chi connectivity index (χ0) is 16.0. The molecule has 0 aliphatic carbocycles. The first-order chi connectivity index (χ1) is 10.4. The van der Waals surface area contributed by atoms with Crippen molar-refractivity contribution in [3.63, 3.8) is 0 Å². The highest BCUT2D eigenvalue weighted by Gasteiger charge is 2.04. The number of benzene rings is 2. The number of rotatable bonds is 7. The summed E-state index contributed by atoms with van der Waals surface area (Å²) in [6, 6.07) is 13.2. The largest absolute Gasteiger partial charge is 0.457 e. The minimum atomic E-state index is -3.89. The van der Waals surface area contributed by atoms with Crippen molar-refractivity contribution in [2.75, 3.05) is 5.75 Å². The third kappa shape index (κ3) is 5.83. The SMILES string of the molecule is O=S(=O)(O)CCCCc1cccc(Oc2cccc(F)c2)c1. The number of unbranched alkanes of at least 4 members (excludes halogenated alkanes) is 1. The summed E-state index contributed by atoms with van der Waals surface area (Å²) in [5.74, 6) is 0.423. The molecule has 2 aromatic rings. The van der Waals surface area contributed by atoms with Gasteiger partial charge in [-0.1, -0.05) is 18.2 Å². The molecule has 4 nitrogen and oxygen atoms in total. The van der Waals surface area contributed by atoms with Crippen LogP contribution in [-0.2, 0) is 16.5 Å². The zero-order valence-electron chi connectivity index (χ0n) is 11.9. The van der Waals surface area contributed by atoms with Crippen molar-refractivity contribution in [3.8, 4) is 11.5 Å². The van der Waals surface area contributed by atoms with E-state index in [9.17, 15) is 12.8 Å². The van der Waals surface area contributed by atoms with Crippen LogP contribution in [0.2, 0.25) is 0 Å². The quantitative estimate of drug-likeness (QED) is 0.621. The van der Waals surface area contributed by atoms with Gasteiger partial charge in [-0.25, -0.2) is 4.39 Å². The number of aryl methyl sites for hydroxylation is 1. The van der Waals surface area contributed by atoms with E-state index < -0.39 is 10.1 Å². The fourth-order valence-electron chi connectivity index (χ4n) is 2.04.